The Morgan fingerprint density at radius 1 is 1.43 bits per heavy atom. The normalized spacial score (nSPS) is 13.4. The van der Waals surface area contributed by atoms with Crippen LogP contribution in [0.4, 0.5) is 0 Å². The van der Waals surface area contributed by atoms with Crippen molar-refractivity contribution in [2.24, 2.45) is 18.0 Å². The van der Waals surface area contributed by atoms with Crippen LogP contribution in [0.2, 0.25) is 0 Å². The van der Waals surface area contributed by atoms with Crippen molar-refractivity contribution in [3.63, 3.8) is 0 Å². The molecule has 7 nitrogen and oxygen atoms in total. The topological polar surface area (TPSA) is 67.6 Å². The molecule has 1 atom stereocenters. The van der Waals surface area contributed by atoms with Gasteiger partial charge in [0.05, 0.1) is 12.6 Å². The number of aryl methyl sites for hydroxylation is 1. The first-order valence-electron chi connectivity index (χ1n) is 8.43. The van der Waals surface area contributed by atoms with Crippen LogP contribution in [0.1, 0.15) is 39.9 Å². The second-order valence-electron chi connectivity index (χ2n) is 5.92. The molecule has 132 valence electrons. The summed E-state index contributed by atoms with van der Waals surface area (Å²) in [7, 11) is 3.91. The van der Waals surface area contributed by atoms with Gasteiger partial charge < -0.3 is 15.0 Å². The molecule has 23 heavy (non-hydrogen) atoms. The zero-order valence-electron chi connectivity index (χ0n) is 15.4. The minimum absolute atomic E-state index is 0.260. The van der Waals surface area contributed by atoms with Gasteiger partial charge in [-0.25, -0.2) is 4.98 Å². The highest BCUT2D eigenvalue weighted by atomic mass is 16.5. The molecule has 0 radical (unpaired) electrons. The van der Waals surface area contributed by atoms with E-state index in [-0.39, 0.29) is 6.10 Å². The van der Waals surface area contributed by atoms with Gasteiger partial charge in [-0.1, -0.05) is 13.8 Å². The van der Waals surface area contributed by atoms with Crippen LogP contribution in [0.5, 0.6) is 0 Å². The lowest BCUT2D eigenvalue weighted by Gasteiger charge is -2.23. The molecular formula is C16H32N6O. The summed E-state index contributed by atoms with van der Waals surface area (Å²) in [5, 5.41) is 7.43. The van der Waals surface area contributed by atoms with Crippen LogP contribution in [-0.4, -0.2) is 58.5 Å². The molecule has 0 saturated carbocycles. The molecule has 1 heterocycles. The van der Waals surface area contributed by atoms with E-state index >= 15 is 0 Å². The van der Waals surface area contributed by atoms with Crippen molar-refractivity contribution in [1.82, 2.24) is 25.0 Å². The molecule has 0 aliphatic carbocycles. The number of nitrogens with one attached hydrogen (secondary N) is 1. The maximum atomic E-state index is 5.78. The van der Waals surface area contributed by atoms with Gasteiger partial charge in [-0.15, -0.1) is 0 Å². The van der Waals surface area contributed by atoms with Crippen molar-refractivity contribution in [3.05, 3.63) is 12.2 Å². The molecule has 0 amide bonds. The number of hydrogen-bond donors (Lipinski definition) is 1. The van der Waals surface area contributed by atoms with E-state index in [9.17, 15) is 0 Å². The monoisotopic (exact) mass is 324 g/mol. The number of aromatic nitrogens is 3. The van der Waals surface area contributed by atoms with Gasteiger partial charge in [-0.2, -0.15) is 5.10 Å². The number of rotatable bonds is 9. The first kappa shape index (κ1) is 19.4. The van der Waals surface area contributed by atoms with Gasteiger partial charge in [0.25, 0.3) is 0 Å². The highest BCUT2D eigenvalue weighted by molar-refractivity contribution is 5.79. The van der Waals surface area contributed by atoms with Crippen LogP contribution >= 0.6 is 0 Å². The molecule has 0 aromatic carbocycles. The number of guanidine groups is 1. The third-order valence-corrected chi connectivity index (χ3v) is 3.68. The van der Waals surface area contributed by atoms with Gasteiger partial charge >= 0.3 is 0 Å². The summed E-state index contributed by atoms with van der Waals surface area (Å²) >= 11 is 0. The zero-order chi connectivity index (χ0) is 17.2. The summed E-state index contributed by atoms with van der Waals surface area (Å²) < 4.78 is 7.56. The van der Waals surface area contributed by atoms with E-state index in [1.165, 1.54) is 0 Å². The first-order chi connectivity index (χ1) is 11.0. The zero-order valence-corrected chi connectivity index (χ0v) is 15.4. The lowest BCUT2D eigenvalue weighted by molar-refractivity contribution is 0.0266. The molecule has 0 aliphatic heterocycles. The third kappa shape index (κ3) is 6.56. The average Bonchev–Trinajstić information content (AvgIpc) is 2.90. The van der Waals surface area contributed by atoms with E-state index < -0.39 is 0 Å². The molecular weight excluding hydrogens is 292 g/mol. The fourth-order valence-corrected chi connectivity index (χ4v) is 2.34. The Balaban J connectivity index is 2.63. The second-order valence-corrected chi connectivity index (χ2v) is 5.92. The lowest BCUT2D eigenvalue weighted by Crippen LogP contribution is -2.39. The predicted octanol–water partition coefficient (Wildman–Crippen LogP) is 1.66. The van der Waals surface area contributed by atoms with Gasteiger partial charge in [0.2, 0.25) is 0 Å². The van der Waals surface area contributed by atoms with Crippen molar-refractivity contribution in [1.29, 1.82) is 0 Å². The van der Waals surface area contributed by atoms with E-state index in [2.05, 4.69) is 41.1 Å². The standard InChI is InChI=1S/C16H32N6O/c1-7-17-16(18-10-9-14(13(3)4)23-8-2)21(5)11-15-19-12-20-22(15)6/h12-14H,7-11H2,1-6H3,(H,17,18). The SMILES string of the molecule is CCNC(=NCCC(OCC)C(C)C)N(C)Cc1ncnn1C. The Bertz CT molecular complexity index is 471. The Kier molecular flexibility index (Phi) is 8.61. The molecule has 1 unspecified atom stereocenters. The molecule has 1 aromatic rings. The maximum absolute atomic E-state index is 5.78. The first-order valence-corrected chi connectivity index (χ1v) is 8.43. The largest absolute Gasteiger partial charge is 0.378 e. The molecule has 1 aromatic heterocycles. The summed E-state index contributed by atoms with van der Waals surface area (Å²) in [4.78, 5) is 11.1. The molecule has 0 bridgehead atoms. The fraction of sp³-hybridized carbons (Fsp3) is 0.812. The Morgan fingerprint density at radius 2 is 2.17 bits per heavy atom. The predicted molar refractivity (Wildman–Crippen MR) is 93.3 cm³/mol. The van der Waals surface area contributed by atoms with Crippen LogP contribution in [0.25, 0.3) is 0 Å². The minimum atomic E-state index is 0.260. The van der Waals surface area contributed by atoms with E-state index in [0.29, 0.717) is 12.5 Å². The van der Waals surface area contributed by atoms with Gasteiger partial charge in [0.1, 0.15) is 12.2 Å². The molecule has 0 aliphatic rings. The summed E-state index contributed by atoms with van der Waals surface area (Å²) in [5.41, 5.74) is 0. The summed E-state index contributed by atoms with van der Waals surface area (Å²) in [6.07, 6.45) is 2.76. The van der Waals surface area contributed by atoms with Crippen molar-refractivity contribution in [3.8, 4) is 0 Å². The quantitative estimate of drug-likeness (QED) is 0.553. The highest BCUT2D eigenvalue weighted by Gasteiger charge is 2.14. The summed E-state index contributed by atoms with van der Waals surface area (Å²) in [5.74, 6) is 2.30. The van der Waals surface area contributed by atoms with Gasteiger partial charge in [-0.3, -0.25) is 9.67 Å². The summed E-state index contributed by atoms with van der Waals surface area (Å²) in [6, 6.07) is 0. The average molecular weight is 324 g/mol. The van der Waals surface area contributed by atoms with E-state index in [4.69, 9.17) is 9.73 Å². The lowest BCUT2D eigenvalue weighted by atomic mass is 10.0. The molecule has 1 N–H and O–H groups in total. The molecule has 7 heteroatoms. The number of aliphatic imine (C=N–C) groups is 1. The minimum Gasteiger partial charge on any atom is -0.378 e. The van der Waals surface area contributed by atoms with Crippen molar-refractivity contribution < 1.29 is 4.74 Å². The Morgan fingerprint density at radius 3 is 2.70 bits per heavy atom. The van der Waals surface area contributed by atoms with Crippen LogP contribution in [0.3, 0.4) is 0 Å². The van der Waals surface area contributed by atoms with Crippen LogP contribution in [0, 0.1) is 5.92 Å². The number of hydrogen-bond acceptors (Lipinski definition) is 4. The number of nitrogens with zero attached hydrogens (tertiary/aromatic N) is 5. The highest BCUT2D eigenvalue weighted by Crippen LogP contribution is 2.11. The van der Waals surface area contributed by atoms with E-state index in [1.807, 2.05) is 21.0 Å². The van der Waals surface area contributed by atoms with Crippen molar-refractivity contribution in [2.75, 3.05) is 26.7 Å². The van der Waals surface area contributed by atoms with Gasteiger partial charge in [-0.05, 0) is 26.2 Å². The Labute approximate surface area is 140 Å². The summed E-state index contributed by atoms with van der Waals surface area (Å²) in [6.45, 7) is 11.5. The molecule has 1 rings (SSSR count). The van der Waals surface area contributed by atoms with Crippen LogP contribution < -0.4 is 5.32 Å². The molecule has 0 spiro atoms. The van der Waals surface area contributed by atoms with Gasteiger partial charge in [0, 0.05) is 33.8 Å². The van der Waals surface area contributed by atoms with Crippen molar-refractivity contribution >= 4 is 5.96 Å². The van der Waals surface area contributed by atoms with Crippen molar-refractivity contribution in [2.45, 2.75) is 46.8 Å². The van der Waals surface area contributed by atoms with Gasteiger partial charge in [0.15, 0.2) is 5.96 Å². The Hall–Kier alpha value is -1.63. The van der Waals surface area contributed by atoms with E-state index in [0.717, 1.165) is 37.9 Å². The molecule has 0 saturated heterocycles. The molecule has 0 fully saturated rings. The van der Waals surface area contributed by atoms with E-state index in [1.54, 1.807) is 11.0 Å². The third-order valence-electron chi connectivity index (χ3n) is 3.68. The maximum Gasteiger partial charge on any atom is 0.194 e. The fourth-order valence-electron chi connectivity index (χ4n) is 2.34. The van der Waals surface area contributed by atoms with Crippen LogP contribution in [-0.2, 0) is 18.3 Å². The van der Waals surface area contributed by atoms with Crippen LogP contribution in [0.15, 0.2) is 11.3 Å². The second kappa shape index (κ2) is 10.2. The smallest absolute Gasteiger partial charge is 0.194 e. The number of ether oxygens (including phenoxy) is 1.